The highest BCUT2D eigenvalue weighted by atomic mass is 16.5. The minimum absolute atomic E-state index is 0.0234. The molecule has 9 nitrogen and oxygen atoms in total. The first kappa shape index (κ1) is 22.7. The Labute approximate surface area is 192 Å². The number of hydrogen-bond donors (Lipinski definition) is 1. The number of nitriles is 1. The van der Waals surface area contributed by atoms with Crippen LogP contribution >= 0.6 is 0 Å². The Balaban J connectivity index is 1.84. The van der Waals surface area contributed by atoms with Crippen LogP contribution in [0.5, 0.6) is 17.2 Å². The molecule has 2 N–H and O–H groups in total. The zero-order valence-electron chi connectivity index (χ0n) is 19.1. The maximum atomic E-state index is 13.8. The predicted molar refractivity (Wildman–Crippen MR) is 122 cm³/mol. The Bertz CT molecular complexity index is 1170. The van der Waals surface area contributed by atoms with Crippen LogP contribution in [0.15, 0.2) is 40.5 Å². The van der Waals surface area contributed by atoms with Crippen molar-refractivity contribution >= 4 is 0 Å². The summed E-state index contributed by atoms with van der Waals surface area (Å²) in [6.45, 7) is 6.16. The monoisotopic (exact) mass is 452 g/mol. The molecule has 1 saturated heterocycles. The minimum atomic E-state index is -0.744. The molecule has 2 aliphatic heterocycles. The highest BCUT2D eigenvalue weighted by Gasteiger charge is 2.36. The average molecular weight is 453 g/mol. The first-order valence-electron chi connectivity index (χ1n) is 10.8. The number of para-hydroxylation sites is 1. The van der Waals surface area contributed by atoms with Crippen molar-refractivity contribution in [2.24, 2.45) is 5.73 Å². The Morgan fingerprint density at radius 2 is 1.97 bits per heavy atom. The van der Waals surface area contributed by atoms with Crippen LogP contribution in [0.4, 0.5) is 0 Å². The van der Waals surface area contributed by atoms with Gasteiger partial charge in [-0.15, -0.1) is 0 Å². The van der Waals surface area contributed by atoms with Crippen molar-refractivity contribution < 1.29 is 18.9 Å². The van der Waals surface area contributed by atoms with E-state index < -0.39 is 5.92 Å². The standard InChI is InChI=1S/C24H28N4O5/c1-15-13-19-21(24(29)28(15)8-7-27-9-11-32-12-10-27)20(17(14-25)23(26)33-19)16-5-4-6-18(30-2)22(16)31-3/h4-6,13,20H,7-12,26H2,1-3H3/t20-/m1/s1. The normalized spacial score (nSPS) is 18.3. The lowest BCUT2D eigenvalue weighted by molar-refractivity contribution is 0.0362. The summed E-state index contributed by atoms with van der Waals surface area (Å²) in [7, 11) is 3.06. The largest absolute Gasteiger partial charge is 0.493 e. The highest BCUT2D eigenvalue weighted by molar-refractivity contribution is 5.60. The maximum absolute atomic E-state index is 13.8. The molecule has 2 aliphatic rings. The van der Waals surface area contributed by atoms with Gasteiger partial charge in [0.15, 0.2) is 11.5 Å². The van der Waals surface area contributed by atoms with E-state index in [1.807, 2.05) is 13.0 Å². The lowest BCUT2D eigenvalue weighted by atomic mass is 9.83. The van der Waals surface area contributed by atoms with Gasteiger partial charge in [-0.05, 0) is 13.0 Å². The van der Waals surface area contributed by atoms with Crippen molar-refractivity contribution in [1.82, 2.24) is 9.47 Å². The molecule has 0 unspecified atom stereocenters. The fourth-order valence-electron chi connectivity index (χ4n) is 4.48. The molecule has 3 heterocycles. The molecule has 0 aliphatic carbocycles. The van der Waals surface area contributed by atoms with E-state index in [0.29, 0.717) is 48.1 Å². The Morgan fingerprint density at radius 1 is 1.21 bits per heavy atom. The van der Waals surface area contributed by atoms with Crippen LogP contribution in [0.3, 0.4) is 0 Å². The first-order valence-corrected chi connectivity index (χ1v) is 10.8. The Hall–Kier alpha value is -3.48. The molecule has 1 aromatic heterocycles. The number of pyridine rings is 1. The summed E-state index contributed by atoms with van der Waals surface area (Å²) in [6, 6.07) is 9.31. The lowest BCUT2D eigenvalue weighted by Gasteiger charge is -2.30. The summed E-state index contributed by atoms with van der Waals surface area (Å²) in [5.74, 6) is 0.527. The molecule has 0 radical (unpaired) electrons. The Morgan fingerprint density at radius 3 is 2.64 bits per heavy atom. The van der Waals surface area contributed by atoms with E-state index in [9.17, 15) is 10.1 Å². The number of hydrogen-bond acceptors (Lipinski definition) is 8. The highest BCUT2D eigenvalue weighted by Crippen LogP contribution is 2.46. The van der Waals surface area contributed by atoms with Gasteiger partial charge < -0.3 is 29.2 Å². The summed E-state index contributed by atoms with van der Waals surface area (Å²) in [5.41, 5.74) is 7.81. The van der Waals surface area contributed by atoms with Crippen LogP contribution in [0.2, 0.25) is 0 Å². The molecule has 1 atom stereocenters. The van der Waals surface area contributed by atoms with Crippen molar-refractivity contribution in [3.8, 4) is 23.3 Å². The van der Waals surface area contributed by atoms with Gasteiger partial charge in [0.25, 0.3) is 5.56 Å². The van der Waals surface area contributed by atoms with Gasteiger partial charge in [-0.25, -0.2) is 0 Å². The number of fused-ring (bicyclic) bond motifs is 1. The number of morpholine rings is 1. The van der Waals surface area contributed by atoms with Gasteiger partial charge in [-0.2, -0.15) is 5.26 Å². The van der Waals surface area contributed by atoms with Gasteiger partial charge in [0.2, 0.25) is 5.88 Å². The second kappa shape index (κ2) is 9.57. The van der Waals surface area contributed by atoms with Crippen molar-refractivity contribution in [2.45, 2.75) is 19.4 Å². The van der Waals surface area contributed by atoms with Crippen LogP contribution < -0.4 is 25.5 Å². The van der Waals surface area contributed by atoms with Gasteiger partial charge in [0.05, 0.1) is 38.9 Å². The van der Waals surface area contributed by atoms with Crippen LogP contribution in [0, 0.1) is 18.3 Å². The van der Waals surface area contributed by atoms with Crippen LogP contribution in [0.25, 0.3) is 0 Å². The van der Waals surface area contributed by atoms with Gasteiger partial charge in [0, 0.05) is 43.5 Å². The zero-order chi connectivity index (χ0) is 23.5. The van der Waals surface area contributed by atoms with Gasteiger partial charge in [-0.3, -0.25) is 9.69 Å². The van der Waals surface area contributed by atoms with Gasteiger partial charge in [0.1, 0.15) is 17.4 Å². The fraction of sp³-hybridized carbons (Fsp3) is 0.417. The topological polar surface area (TPSA) is 112 Å². The van der Waals surface area contributed by atoms with E-state index in [1.54, 1.807) is 22.8 Å². The Kier molecular flexibility index (Phi) is 6.58. The maximum Gasteiger partial charge on any atom is 0.258 e. The number of nitrogens with two attached hydrogens (primary N) is 1. The van der Waals surface area contributed by atoms with E-state index >= 15 is 0 Å². The van der Waals surface area contributed by atoms with E-state index in [1.165, 1.54) is 14.2 Å². The molecule has 4 rings (SSSR count). The van der Waals surface area contributed by atoms with Crippen molar-refractivity contribution in [2.75, 3.05) is 47.1 Å². The number of methoxy groups -OCH3 is 2. The van der Waals surface area contributed by atoms with Crippen molar-refractivity contribution in [1.29, 1.82) is 5.26 Å². The van der Waals surface area contributed by atoms with Crippen LogP contribution in [-0.4, -0.2) is 56.5 Å². The summed E-state index contributed by atoms with van der Waals surface area (Å²) in [6.07, 6.45) is 0. The zero-order valence-corrected chi connectivity index (χ0v) is 19.1. The molecule has 33 heavy (non-hydrogen) atoms. The molecule has 174 valence electrons. The number of benzene rings is 1. The van der Waals surface area contributed by atoms with Crippen molar-refractivity contribution in [3.05, 3.63) is 62.9 Å². The summed E-state index contributed by atoms with van der Waals surface area (Å²) in [5, 5.41) is 9.93. The number of rotatable bonds is 6. The van der Waals surface area contributed by atoms with E-state index in [2.05, 4.69) is 11.0 Å². The number of ether oxygens (including phenoxy) is 4. The molecular formula is C24H28N4O5. The number of aryl methyl sites for hydroxylation is 1. The van der Waals surface area contributed by atoms with E-state index in [4.69, 9.17) is 24.7 Å². The predicted octanol–water partition coefficient (Wildman–Crippen LogP) is 1.72. The lowest BCUT2D eigenvalue weighted by Crippen LogP contribution is -2.40. The number of aromatic nitrogens is 1. The van der Waals surface area contributed by atoms with Crippen LogP contribution in [0.1, 0.15) is 22.7 Å². The molecule has 1 fully saturated rings. The minimum Gasteiger partial charge on any atom is -0.493 e. The second-order valence-corrected chi connectivity index (χ2v) is 7.98. The number of allylic oxidation sites excluding steroid dienone is 1. The molecule has 1 aromatic carbocycles. The van der Waals surface area contributed by atoms with Crippen molar-refractivity contribution in [3.63, 3.8) is 0 Å². The average Bonchev–Trinajstić information content (AvgIpc) is 2.83. The SMILES string of the molecule is COc1cccc([C@@H]2C(C#N)=C(N)Oc3cc(C)n(CCN4CCOCC4)c(=O)c32)c1OC. The van der Waals surface area contributed by atoms with E-state index in [0.717, 1.165) is 25.3 Å². The molecular weight excluding hydrogens is 424 g/mol. The number of nitrogens with zero attached hydrogens (tertiary/aromatic N) is 3. The molecule has 2 aromatic rings. The molecule has 9 heteroatoms. The third-order valence-corrected chi connectivity index (χ3v) is 6.18. The third kappa shape index (κ3) is 4.15. The first-order chi connectivity index (χ1) is 16.0. The smallest absolute Gasteiger partial charge is 0.258 e. The second-order valence-electron chi connectivity index (χ2n) is 7.98. The summed E-state index contributed by atoms with van der Waals surface area (Å²) >= 11 is 0. The van der Waals surface area contributed by atoms with Gasteiger partial charge >= 0.3 is 0 Å². The summed E-state index contributed by atoms with van der Waals surface area (Å²) < 4.78 is 24.0. The van der Waals surface area contributed by atoms with Gasteiger partial charge in [-0.1, -0.05) is 12.1 Å². The molecule has 0 saturated carbocycles. The third-order valence-electron chi connectivity index (χ3n) is 6.18. The van der Waals surface area contributed by atoms with Crippen LogP contribution in [-0.2, 0) is 11.3 Å². The summed E-state index contributed by atoms with van der Waals surface area (Å²) in [4.78, 5) is 16.1. The quantitative estimate of drug-likeness (QED) is 0.705. The molecule has 0 bridgehead atoms. The molecule has 0 amide bonds. The fourth-order valence-corrected chi connectivity index (χ4v) is 4.48. The molecule has 0 spiro atoms. The van der Waals surface area contributed by atoms with E-state index in [-0.39, 0.29) is 17.0 Å².